The molecule has 42 heavy (non-hydrogen) atoms. The van der Waals surface area contributed by atoms with E-state index < -0.39 is 53.4 Å². The minimum atomic E-state index is -1.49. The molecule has 0 spiro atoms. The maximum atomic E-state index is 14.2. The Labute approximate surface area is 238 Å². The molecule has 0 atom stereocenters. The van der Waals surface area contributed by atoms with Gasteiger partial charge in [-0.3, -0.25) is 14.2 Å². The third-order valence-electron chi connectivity index (χ3n) is 5.33. The first kappa shape index (κ1) is 29.6. The van der Waals surface area contributed by atoms with E-state index in [1.807, 2.05) is 0 Å². The maximum absolute atomic E-state index is 14.2. The summed E-state index contributed by atoms with van der Waals surface area (Å²) in [6.45, 7) is 1.39. The number of rotatable bonds is 8. The van der Waals surface area contributed by atoms with E-state index in [-0.39, 0.29) is 44.5 Å². The van der Waals surface area contributed by atoms with Crippen LogP contribution >= 0.6 is 11.6 Å². The zero-order valence-corrected chi connectivity index (χ0v) is 22.1. The standard InChI is InChI=1S/C26H18ClFN4O10/c1-2-40-12-31-11-17(28)23(36)32(26(31)39)22(35)13-4-3-5-14(6-13)24(37)41-18-9-21(29-10-16(18)27)42-25(38)15-7-19(33)30-20(34)8-15/h3-11H,2,12H2,1H3,(H2,30,33,34). The summed E-state index contributed by atoms with van der Waals surface area (Å²) in [6.07, 6.45) is 1.63. The molecule has 4 rings (SSSR count). The van der Waals surface area contributed by atoms with Crippen LogP contribution in [0, 0.1) is 5.82 Å². The first-order valence-electron chi connectivity index (χ1n) is 11.7. The van der Waals surface area contributed by atoms with Crippen LogP contribution in [0.4, 0.5) is 4.39 Å². The van der Waals surface area contributed by atoms with Crippen LogP contribution in [-0.2, 0) is 11.5 Å². The summed E-state index contributed by atoms with van der Waals surface area (Å²) < 4.78 is 30.3. The molecule has 3 aromatic heterocycles. The van der Waals surface area contributed by atoms with Gasteiger partial charge in [-0.25, -0.2) is 19.4 Å². The Kier molecular flexibility index (Phi) is 8.73. The Morgan fingerprint density at radius 3 is 2.33 bits per heavy atom. The lowest BCUT2D eigenvalue weighted by Gasteiger charge is -2.11. The molecular formula is C26H18ClFN4O10. The molecule has 16 heteroatoms. The molecule has 0 radical (unpaired) electrons. The van der Waals surface area contributed by atoms with Crippen LogP contribution in [0.3, 0.4) is 0 Å². The van der Waals surface area contributed by atoms with Gasteiger partial charge in [0.05, 0.1) is 23.5 Å². The van der Waals surface area contributed by atoms with E-state index in [0.29, 0.717) is 10.8 Å². The molecule has 4 aromatic rings. The molecule has 0 aliphatic rings. The predicted octanol–water partition coefficient (Wildman–Crippen LogP) is 2.12. The summed E-state index contributed by atoms with van der Waals surface area (Å²) >= 11 is 6.06. The van der Waals surface area contributed by atoms with Crippen LogP contribution in [-0.4, -0.2) is 53.8 Å². The molecular weight excluding hydrogens is 583 g/mol. The number of carbonyl (C=O) groups excluding carboxylic acids is 3. The summed E-state index contributed by atoms with van der Waals surface area (Å²) in [5.74, 6) is -6.65. The van der Waals surface area contributed by atoms with Gasteiger partial charge >= 0.3 is 17.6 Å². The van der Waals surface area contributed by atoms with E-state index in [9.17, 15) is 38.6 Å². The molecule has 3 heterocycles. The van der Waals surface area contributed by atoms with E-state index in [0.717, 1.165) is 30.5 Å². The van der Waals surface area contributed by atoms with E-state index in [2.05, 4.69) is 9.97 Å². The van der Waals surface area contributed by atoms with Gasteiger partial charge in [0.25, 0.3) is 11.5 Å². The Balaban J connectivity index is 1.57. The molecule has 1 aromatic carbocycles. The SMILES string of the molecule is CCOCn1cc(F)c(=O)n(C(=O)c2cccc(C(=O)Oc3cc(OC(=O)c4cc(O)nc(O)c4)ncc3Cl)c2)c1=O. The minimum absolute atomic E-state index is 0.0709. The van der Waals surface area contributed by atoms with Gasteiger partial charge < -0.3 is 24.4 Å². The van der Waals surface area contributed by atoms with Crippen molar-refractivity contribution in [3.63, 3.8) is 0 Å². The third kappa shape index (κ3) is 6.48. The Hall–Kier alpha value is -5.41. The molecule has 0 unspecified atom stereocenters. The number of hydrogen-bond donors (Lipinski definition) is 2. The van der Waals surface area contributed by atoms with Crippen molar-refractivity contribution >= 4 is 29.4 Å². The first-order chi connectivity index (χ1) is 20.0. The van der Waals surface area contributed by atoms with Gasteiger partial charge in [0, 0.05) is 30.4 Å². The number of esters is 2. The number of halogens is 2. The summed E-state index contributed by atoms with van der Waals surface area (Å²) in [4.78, 5) is 70.3. The van der Waals surface area contributed by atoms with Crippen molar-refractivity contribution in [1.82, 2.24) is 19.1 Å². The van der Waals surface area contributed by atoms with Crippen molar-refractivity contribution in [3.05, 3.63) is 103 Å². The summed E-state index contributed by atoms with van der Waals surface area (Å²) in [5.41, 5.74) is -3.46. The van der Waals surface area contributed by atoms with Crippen molar-refractivity contribution in [2.24, 2.45) is 0 Å². The number of carbonyl (C=O) groups is 3. The average molecular weight is 601 g/mol. The fourth-order valence-electron chi connectivity index (χ4n) is 3.41. The number of pyridine rings is 2. The lowest BCUT2D eigenvalue weighted by molar-refractivity contribution is 0.0724. The van der Waals surface area contributed by atoms with Crippen molar-refractivity contribution in [3.8, 4) is 23.4 Å². The molecule has 0 saturated carbocycles. The Bertz CT molecular complexity index is 1820. The normalized spacial score (nSPS) is 10.7. The van der Waals surface area contributed by atoms with Crippen molar-refractivity contribution in [2.45, 2.75) is 13.7 Å². The van der Waals surface area contributed by atoms with Gasteiger partial charge in [0.2, 0.25) is 23.5 Å². The van der Waals surface area contributed by atoms with Gasteiger partial charge in [-0.05, 0) is 25.1 Å². The van der Waals surface area contributed by atoms with Gasteiger partial charge in [-0.2, -0.15) is 13.9 Å². The van der Waals surface area contributed by atoms with Gasteiger partial charge in [-0.15, -0.1) is 0 Å². The molecule has 0 aliphatic heterocycles. The highest BCUT2D eigenvalue weighted by Gasteiger charge is 2.22. The topological polar surface area (TPSA) is 189 Å². The summed E-state index contributed by atoms with van der Waals surface area (Å²) in [6, 6.07) is 7.56. The lowest BCUT2D eigenvalue weighted by atomic mass is 10.1. The largest absolute Gasteiger partial charge is 0.493 e. The molecule has 0 aliphatic carbocycles. The highest BCUT2D eigenvalue weighted by molar-refractivity contribution is 6.32. The van der Waals surface area contributed by atoms with Crippen LogP contribution in [0.25, 0.3) is 0 Å². The summed E-state index contributed by atoms with van der Waals surface area (Å²) in [5, 5.41) is 18.7. The molecule has 0 saturated heterocycles. The summed E-state index contributed by atoms with van der Waals surface area (Å²) in [7, 11) is 0. The monoisotopic (exact) mass is 600 g/mol. The number of nitrogens with zero attached hydrogens (tertiary/aromatic N) is 4. The highest BCUT2D eigenvalue weighted by Crippen LogP contribution is 2.28. The van der Waals surface area contributed by atoms with Gasteiger partial charge in [0.15, 0.2) is 5.75 Å². The van der Waals surface area contributed by atoms with Crippen LogP contribution in [0.15, 0.2) is 64.4 Å². The van der Waals surface area contributed by atoms with Crippen molar-refractivity contribution < 1.29 is 43.2 Å². The molecule has 0 fully saturated rings. The minimum Gasteiger partial charge on any atom is -0.493 e. The van der Waals surface area contributed by atoms with Gasteiger partial charge in [0.1, 0.15) is 11.8 Å². The van der Waals surface area contributed by atoms with Crippen LogP contribution < -0.4 is 20.7 Å². The van der Waals surface area contributed by atoms with Crippen LogP contribution in [0.1, 0.15) is 38.0 Å². The fraction of sp³-hybridized carbons (Fsp3) is 0.115. The van der Waals surface area contributed by atoms with E-state index >= 15 is 0 Å². The quantitative estimate of drug-likeness (QED) is 0.281. The van der Waals surface area contributed by atoms with Gasteiger partial charge in [-0.1, -0.05) is 17.7 Å². The molecule has 0 bridgehead atoms. The third-order valence-corrected chi connectivity index (χ3v) is 5.61. The van der Waals surface area contributed by atoms with Crippen LogP contribution in [0.2, 0.25) is 5.02 Å². The second-order valence-electron chi connectivity index (χ2n) is 8.18. The Morgan fingerprint density at radius 2 is 1.64 bits per heavy atom. The predicted molar refractivity (Wildman–Crippen MR) is 139 cm³/mol. The van der Waals surface area contributed by atoms with Crippen LogP contribution in [0.5, 0.6) is 23.4 Å². The smallest absolute Gasteiger partial charge is 0.345 e. The van der Waals surface area contributed by atoms with E-state index in [1.165, 1.54) is 18.2 Å². The number of aromatic nitrogens is 4. The molecule has 216 valence electrons. The number of aromatic hydroxyl groups is 2. The molecule has 2 N–H and O–H groups in total. The number of benzene rings is 1. The number of hydrogen-bond acceptors (Lipinski definition) is 12. The second-order valence-corrected chi connectivity index (χ2v) is 8.59. The highest BCUT2D eigenvalue weighted by atomic mass is 35.5. The number of ether oxygens (including phenoxy) is 3. The molecule has 0 amide bonds. The fourth-order valence-corrected chi connectivity index (χ4v) is 3.55. The lowest BCUT2D eigenvalue weighted by Crippen LogP contribution is -2.45. The second kappa shape index (κ2) is 12.4. The molecule has 14 nitrogen and oxygen atoms in total. The maximum Gasteiger partial charge on any atom is 0.345 e. The van der Waals surface area contributed by atoms with E-state index in [1.54, 1.807) is 6.92 Å². The van der Waals surface area contributed by atoms with E-state index in [4.69, 9.17) is 25.8 Å². The zero-order valence-electron chi connectivity index (χ0n) is 21.3. The average Bonchev–Trinajstić information content (AvgIpc) is 2.95. The zero-order chi connectivity index (χ0) is 30.6. The first-order valence-corrected chi connectivity index (χ1v) is 12.1. The van der Waals surface area contributed by atoms with Crippen molar-refractivity contribution in [2.75, 3.05) is 6.61 Å². The van der Waals surface area contributed by atoms with Crippen molar-refractivity contribution in [1.29, 1.82) is 0 Å². The Morgan fingerprint density at radius 1 is 0.976 bits per heavy atom.